The molecule has 0 fully saturated rings. The van der Waals surface area contributed by atoms with Gasteiger partial charge >= 0.3 is 0 Å². The zero-order valence-electron chi connectivity index (χ0n) is 6.96. The van der Waals surface area contributed by atoms with Crippen molar-refractivity contribution in [2.45, 2.75) is 19.8 Å². The number of hydrogen-bond acceptors (Lipinski definition) is 1. The summed E-state index contributed by atoms with van der Waals surface area (Å²) in [5.41, 5.74) is 0.985. The highest BCUT2D eigenvalue weighted by molar-refractivity contribution is 5.25. The van der Waals surface area contributed by atoms with E-state index in [4.69, 9.17) is 0 Å². The van der Waals surface area contributed by atoms with Crippen LogP contribution in [0, 0.1) is 11.8 Å². The van der Waals surface area contributed by atoms with E-state index in [1.165, 1.54) is 0 Å². The Morgan fingerprint density at radius 3 is 3.00 bits per heavy atom. The van der Waals surface area contributed by atoms with Crippen molar-refractivity contribution in [1.82, 2.24) is 9.55 Å². The van der Waals surface area contributed by atoms with Crippen molar-refractivity contribution in [2.75, 3.05) is 0 Å². The molecule has 0 aliphatic heterocycles. The van der Waals surface area contributed by atoms with Crippen LogP contribution in [-0.2, 0) is 7.05 Å². The Labute approximate surface area is 67.3 Å². The first kappa shape index (κ1) is 7.87. The quantitative estimate of drug-likeness (QED) is 0.553. The van der Waals surface area contributed by atoms with Crippen LogP contribution in [0.25, 0.3) is 0 Å². The summed E-state index contributed by atoms with van der Waals surface area (Å²) in [6.07, 6.45) is 5.62. The zero-order valence-corrected chi connectivity index (χ0v) is 6.96. The summed E-state index contributed by atoms with van der Waals surface area (Å²) >= 11 is 0. The monoisotopic (exact) mass is 148 g/mol. The molecular formula is C9H12N2. The molecular weight excluding hydrogens is 136 g/mol. The topological polar surface area (TPSA) is 17.8 Å². The van der Waals surface area contributed by atoms with Gasteiger partial charge in [0.25, 0.3) is 0 Å². The summed E-state index contributed by atoms with van der Waals surface area (Å²) in [7, 11) is 1.95. The number of rotatable bonds is 1. The van der Waals surface area contributed by atoms with Crippen LogP contribution in [0.1, 0.15) is 25.5 Å². The fourth-order valence-corrected chi connectivity index (χ4v) is 0.756. The van der Waals surface area contributed by atoms with Crippen LogP contribution in [0.3, 0.4) is 0 Å². The lowest BCUT2D eigenvalue weighted by Gasteiger charge is -1.88. The molecule has 1 aromatic heterocycles. The van der Waals surface area contributed by atoms with Gasteiger partial charge in [0.1, 0.15) is 5.69 Å². The van der Waals surface area contributed by atoms with Crippen LogP contribution in [0.2, 0.25) is 0 Å². The van der Waals surface area contributed by atoms with E-state index >= 15 is 0 Å². The van der Waals surface area contributed by atoms with Crippen molar-refractivity contribution >= 4 is 0 Å². The Hall–Kier alpha value is -1.23. The van der Waals surface area contributed by atoms with Gasteiger partial charge in [-0.15, -0.1) is 0 Å². The van der Waals surface area contributed by atoms with Crippen LogP contribution < -0.4 is 0 Å². The molecule has 1 heterocycles. The van der Waals surface area contributed by atoms with E-state index < -0.39 is 0 Å². The largest absolute Gasteiger partial charge is 0.327 e. The number of hydrogen-bond donors (Lipinski definition) is 0. The van der Waals surface area contributed by atoms with E-state index in [9.17, 15) is 0 Å². The number of imidazole rings is 1. The van der Waals surface area contributed by atoms with Gasteiger partial charge in [0.15, 0.2) is 0 Å². The number of unbranched alkanes of at least 4 members (excludes halogenated alkanes) is 1. The van der Waals surface area contributed by atoms with Crippen LogP contribution in [-0.4, -0.2) is 9.55 Å². The third-order valence-electron chi connectivity index (χ3n) is 1.41. The molecule has 0 amide bonds. The van der Waals surface area contributed by atoms with Gasteiger partial charge in [-0.25, -0.2) is 4.98 Å². The fourth-order valence-electron chi connectivity index (χ4n) is 0.756. The maximum absolute atomic E-state index is 3.96. The molecule has 0 N–H and O–H groups in total. The molecule has 58 valence electrons. The van der Waals surface area contributed by atoms with E-state index in [2.05, 4.69) is 23.7 Å². The standard InChI is InChI=1S/C9H12N2/c1-3-4-5-6-9-7-10-8-11(9)2/h7-8H,3-4H2,1-2H3. The zero-order chi connectivity index (χ0) is 8.10. The number of aromatic nitrogens is 2. The first-order valence-electron chi connectivity index (χ1n) is 3.79. The molecule has 0 unspecified atom stereocenters. The van der Waals surface area contributed by atoms with Crippen molar-refractivity contribution in [3.8, 4) is 11.8 Å². The highest BCUT2D eigenvalue weighted by Crippen LogP contribution is 1.92. The van der Waals surface area contributed by atoms with Crippen molar-refractivity contribution < 1.29 is 0 Å². The molecule has 0 bridgehead atoms. The average Bonchev–Trinajstić information content (AvgIpc) is 2.37. The predicted molar refractivity (Wildman–Crippen MR) is 45.0 cm³/mol. The highest BCUT2D eigenvalue weighted by Gasteiger charge is 1.89. The first-order valence-corrected chi connectivity index (χ1v) is 3.79. The Kier molecular flexibility index (Phi) is 2.74. The molecule has 0 aromatic carbocycles. The third kappa shape index (κ3) is 2.12. The summed E-state index contributed by atoms with van der Waals surface area (Å²) in [5.74, 6) is 6.11. The predicted octanol–water partition coefficient (Wildman–Crippen LogP) is 1.57. The first-order chi connectivity index (χ1) is 5.34. The van der Waals surface area contributed by atoms with Crippen molar-refractivity contribution in [3.63, 3.8) is 0 Å². The van der Waals surface area contributed by atoms with Crippen LogP contribution >= 0.6 is 0 Å². The number of nitrogens with zero attached hydrogens (tertiary/aromatic N) is 2. The summed E-state index contributed by atoms with van der Waals surface area (Å²) in [6, 6.07) is 0. The molecule has 0 aliphatic rings. The van der Waals surface area contributed by atoms with Gasteiger partial charge in [-0.3, -0.25) is 0 Å². The molecule has 2 nitrogen and oxygen atoms in total. The second-order valence-corrected chi connectivity index (χ2v) is 2.44. The van der Waals surface area contributed by atoms with E-state index in [1.807, 2.05) is 11.6 Å². The molecule has 0 spiro atoms. The summed E-state index contributed by atoms with van der Waals surface area (Å²) < 4.78 is 1.92. The summed E-state index contributed by atoms with van der Waals surface area (Å²) in [5, 5.41) is 0. The lowest BCUT2D eigenvalue weighted by molar-refractivity contribution is 0.898. The van der Waals surface area contributed by atoms with E-state index in [0.29, 0.717) is 0 Å². The summed E-state index contributed by atoms with van der Waals surface area (Å²) in [4.78, 5) is 3.96. The maximum atomic E-state index is 3.96. The lowest BCUT2D eigenvalue weighted by atomic mass is 10.3. The Morgan fingerprint density at radius 1 is 1.64 bits per heavy atom. The van der Waals surface area contributed by atoms with Crippen LogP contribution in [0.4, 0.5) is 0 Å². The Bertz CT molecular complexity index is 275. The third-order valence-corrected chi connectivity index (χ3v) is 1.41. The Balaban J connectivity index is 2.65. The number of aryl methyl sites for hydroxylation is 1. The minimum atomic E-state index is 0.963. The SMILES string of the molecule is CCCC#Cc1cncn1C. The molecule has 0 saturated heterocycles. The lowest BCUT2D eigenvalue weighted by Crippen LogP contribution is -1.87. The van der Waals surface area contributed by atoms with Gasteiger partial charge in [0.05, 0.1) is 12.5 Å². The van der Waals surface area contributed by atoms with Gasteiger partial charge in [0.2, 0.25) is 0 Å². The van der Waals surface area contributed by atoms with E-state index in [-0.39, 0.29) is 0 Å². The fraction of sp³-hybridized carbons (Fsp3) is 0.444. The van der Waals surface area contributed by atoms with Crippen molar-refractivity contribution in [1.29, 1.82) is 0 Å². The Morgan fingerprint density at radius 2 is 2.45 bits per heavy atom. The van der Waals surface area contributed by atoms with Crippen LogP contribution in [0.5, 0.6) is 0 Å². The molecule has 0 aliphatic carbocycles. The van der Waals surface area contributed by atoms with Gasteiger partial charge in [0, 0.05) is 13.5 Å². The molecule has 0 radical (unpaired) electrons. The molecule has 1 rings (SSSR count). The molecule has 1 aromatic rings. The smallest absolute Gasteiger partial charge is 0.111 e. The van der Waals surface area contributed by atoms with E-state index in [1.54, 1.807) is 12.5 Å². The minimum absolute atomic E-state index is 0.963. The maximum Gasteiger partial charge on any atom is 0.111 e. The molecule has 2 heteroatoms. The molecule has 11 heavy (non-hydrogen) atoms. The highest BCUT2D eigenvalue weighted by atomic mass is 15.0. The van der Waals surface area contributed by atoms with Gasteiger partial charge in [-0.2, -0.15) is 0 Å². The van der Waals surface area contributed by atoms with Crippen molar-refractivity contribution in [3.05, 3.63) is 18.2 Å². The van der Waals surface area contributed by atoms with Gasteiger partial charge in [-0.1, -0.05) is 12.8 Å². The molecule has 0 saturated carbocycles. The normalized spacial score (nSPS) is 8.91. The van der Waals surface area contributed by atoms with Crippen molar-refractivity contribution in [2.24, 2.45) is 7.05 Å². The second kappa shape index (κ2) is 3.82. The van der Waals surface area contributed by atoms with Crippen LogP contribution in [0.15, 0.2) is 12.5 Å². The van der Waals surface area contributed by atoms with Gasteiger partial charge < -0.3 is 4.57 Å². The summed E-state index contributed by atoms with van der Waals surface area (Å²) in [6.45, 7) is 2.12. The average molecular weight is 148 g/mol. The second-order valence-electron chi connectivity index (χ2n) is 2.44. The minimum Gasteiger partial charge on any atom is -0.327 e. The van der Waals surface area contributed by atoms with Gasteiger partial charge in [-0.05, 0) is 12.3 Å². The molecule has 0 atom stereocenters. The van der Waals surface area contributed by atoms with E-state index in [0.717, 1.165) is 18.5 Å².